The summed E-state index contributed by atoms with van der Waals surface area (Å²) in [5.74, 6) is 0.972. The van der Waals surface area contributed by atoms with Crippen molar-refractivity contribution in [3.8, 4) is 6.07 Å². The van der Waals surface area contributed by atoms with Gasteiger partial charge in [0.2, 0.25) is 0 Å². The molecule has 1 heterocycles. The fraction of sp³-hybridized carbons (Fsp3) is 0.231. The summed E-state index contributed by atoms with van der Waals surface area (Å²) in [7, 11) is 3.93. The number of aromatic nitrogens is 2. The molecule has 0 saturated heterocycles. The summed E-state index contributed by atoms with van der Waals surface area (Å²) >= 11 is 0. The van der Waals surface area contributed by atoms with Gasteiger partial charge in [-0.2, -0.15) is 5.26 Å². The highest BCUT2D eigenvalue weighted by molar-refractivity contribution is 5.58. The summed E-state index contributed by atoms with van der Waals surface area (Å²) in [6.45, 7) is 0.683. The van der Waals surface area contributed by atoms with Gasteiger partial charge in [0, 0.05) is 26.5 Å². The second kappa shape index (κ2) is 4.71. The highest BCUT2D eigenvalue weighted by Crippen LogP contribution is 2.19. The second-order valence-corrected chi connectivity index (χ2v) is 3.94. The third kappa shape index (κ3) is 2.28. The van der Waals surface area contributed by atoms with Crippen molar-refractivity contribution in [3.05, 3.63) is 48.0 Å². The molecule has 2 aromatic rings. The van der Waals surface area contributed by atoms with Crippen molar-refractivity contribution in [2.45, 2.75) is 6.54 Å². The molecule has 2 rings (SSSR count). The van der Waals surface area contributed by atoms with Gasteiger partial charge in [-0.25, -0.2) is 4.98 Å². The minimum Gasteiger partial charge on any atom is -0.366 e. The van der Waals surface area contributed by atoms with E-state index in [1.54, 1.807) is 6.20 Å². The van der Waals surface area contributed by atoms with Crippen molar-refractivity contribution in [3.63, 3.8) is 0 Å². The van der Waals surface area contributed by atoms with Crippen LogP contribution in [0, 0.1) is 11.3 Å². The maximum absolute atomic E-state index is 9.05. The Morgan fingerprint density at radius 1 is 1.41 bits per heavy atom. The molecule has 86 valence electrons. The maximum Gasteiger partial charge on any atom is 0.127 e. The minimum absolute atomic E-state index is 0.683. The highest BCUT2D eigenvalue weighted by Gasteiger charge is 2.09. The van der Waals surface area contributed by atoms with Crippen LogP contribution in [0.4, 0.5) is 5.69 Å². The smallest absolute Gasteiger partial charge is 0.127 e. The van der Waals surface area contributed by atoms with Crippen molar-refractivity contribution in [1.29, 1.82) is 5.26 Å². The monoisotopic (exact) mass is 226 g/mol. The SMILES string of the molecule is CN(Cc1nccn1C)c1ccccc1C#N. The molecule has 4 heteroatoms. The van der Waals surface area contributed by atoms with E-state index in [0.717, 1.165) is 11.5 Å². The Balaban J connectivity index is 2.24. The van der Waals surface area contributed by atoms with E-state index in [1.807, 2.05) is 54.0 Å². The average molecular weight is 226 g/mol. The van der Waals surface area contributed by atoms with Gasteiger partial charge in [-0.15, -0.1) is 0 Å². The number of benzene rings is 1. The van der Waals surface area contributed by atoms with Crippen LogP contribution in [-0.2, 0) is 13.6 Å². The van der Waals surface area contributed by atoms with Crippen LogP contribution < -0.4 is 4.90 Å². The van der Waals surface area contributed by atoms with E-state index < -0.39 is 0 Å². The number of imidazole rings is 1. The van der Waals surface area contributed by atoms with Gasteiger partial charge in [0.1, 0.15) is 11.9 Å². The first-order chi connectivity index (χ1) is 8.22. The van der Waals surface area contributed by atoms with Crippen LogP contribution in [0.5, 0.6) is 0 Å². The average Bonchev–Trinajstić information content (AvgIpc) is 2.75. The molecule has 0 N–H and O–H groups in total. The standard InChI is InChI=1S/C13H14N4/c1-16-8-7-15-13(16)10-17(2)12-6-4-3-5-11(12)9-14/h3-8H,10H2,1-2H3. The van der Waals surface area contributed by atoms with E-state index in [9.17, 15) is 0 Å². The van der Waals surface area contributed by atoms with E-state index in [0.29, 0.717) is 12.1 Å². The lowest BCUT2D eigenvalue weighted by Crippen LogP contribution is -2.19. The molecule has 0 amide bonds. The number of anilines is 1. The molecule has 0 bridgehead atoms. The summed E-state index contributed by atoms with van der Waals surface area (Å²) < 4.78 is 1.98. The molecule has 4 nitrogen and oxygen atoms in total. The largest absolute Gasteiger partial charge is 0.366 e. The van der Waals surface area contributed by atoms with Crippen LogP contribution in [0.15, 0.2) is 36.7 Å². The zero-order valence-electron chi connectivity index (χ0n) is 9.96. The van der Waals surface area contributed by atoms with E-state index in [2.05, 4.69) is 11.1 Å². The first-order valence-electron chi connectivity index (χ1n) is 5.39. The number of hydrogen-bond acceptors (Lipinski definition) is 3. The molecular weight excluding hydrogens is 212 g/mol. The van der Waals surface area contributed by atoms with Crippen LogP contribution >= 0.6 is 0 Å². The maximum atomic E-state index is 9.05. The molecule has 0 aliphatic heterocycles. The highest BCUT2D eigenvalue weighted by atomic mass is 15.2. The summed E-state index contributed by atoms with van der Waals surface area (Å²) in [6.07, 6.45) is 3.69. The molecular formula is C13H14N4. The molecule has 0 aliphatic rings. The molecule has 0 saturated carbocycles. The second-order valence-electron chi connectivity index (χ2n) is 3.94. The Kier molecular flexibility index (Phi) is 3.10. The zero-order chi connectivity index (χ0) is 12.3. The van der Waals surface area contributed by atoms with E-state index in [4.69, 9.17) is 5.26 Å². The summed E-state index contributed by atoms with van der Waals surface area (Å²) in [5, 5.41) is 9.05. The Morgan fingerprint density at radius 2 is 2.18 bits per heavy atom. The van der Waals surface area contributed by atoms with Gasteiger partial charge < -0.3 is 9.47 Å². The number of aryl methyl sites for hydroxylation is 1. The molecule has 0 radical (unpaired) electrons. The molecule has 0 spiro atoms. The Morgan fingerprint density at radius 3 is 2.82 bits per heavy atom. The van der Waals surface area contributed by atoms with E-state index >= 15 is 0 Å². The molecule has 0 unspecified atom stereocenters. The van der Waals surface area contributed by atoms with Crippen molar-refractivity contribution < 1.29 is 0 Å². The fourth-order valence-electron chi connectivity index (χ4n) is 1.75. The molecule has 17 heavy (non-hydrogen) atoms. The number of hydrogen-bond donors (Lipinski definition) is 0. The molecule has 1 aromatic heterocycles. The third-order valence-electron chi connectivity index (χ3n) is 2.74. The van der Waals surface area contributed by atoms with Crippen molar-refractivity contribution in [1.82, 2.24) is 9.55 Å². The number of nitriles is 1. The molecule has 0 atom stereocenters. The van der Waals surface area contributed by atoms with Gasteiger partial charge in [-0.05, 0) is 12.1 Å². The normalized spacial score (nSPS) is 9.94. The minimum atomic E-state index is 0.683. The van der Waals surface area contributed by atoms with Crippen molar-refractivity contribution in [2.24, 2.45) is 7.05 Å². The number of rotatable bonds is 3. The predicted octanol–water partition coefficient (Wildman–Crippen LogP) is 1.93. The van der Waals surface area contributed by atoms with Crippen LogP contribution in [0.3, 0.4) is 0 Å². The zero-order valence-corrected chi connectivity index (χ0v) is 9.96. The Bertz CT molecular complexity index is 551. The van der Waals surface area contributed by atoms with Gasteiger partial charge in [-0.1, -0.05) is 12.1 Å². The van der Waals surface area contributed by atoms with E-state index in [1.165, 1.54) is 0 Å². The fourth-order valence-corrected chi connectivity index (χ4v) is 1.75. The molecule has 1 aromatic carbocycles. The first-order valence-corrected chi connectivity index (χ1v) is 5.39. The first kappa shape index (κ1) is 11.2. The summed E-state index contributed by atoms with van der Waals surface area (Å²) in [6, 6.07) is 9.78. The lowest BCUT2D eigenvalue weighted by Gasteiger charge is -2.19. The Labute approximate surface area is 101 Å². The van der Waals surface area contributed by atoms with Crippen molar-refractivity contribution >= 4 is 5.69 Å². The van der Waals surface area contributed by atoms with Crippen LogP contribution in [0.2, 0.25) is 0 Å². The third-order valence-corrected chi connectivity index (χ3v) is 2.74. The lowest BCUT2D eigenvalue weighted by atomic mass is 10.2. The predicted molar refractivity (Wildman–Crippen MR) is 66.5 cm³/mol. The number of para-hydroxylation sites is 1. The van der Waals surface area contributed by atoms with Gasteiger partial charge in [0.15, 0.2) is 0 Å². The van der Waals surface area contributed by atoms with Gasteiger partial charge in [0.05, 0.1) is 17.8 Å². The Hall–Kier alpha value is -2.28. The number of nitrogens with zero attached hydrogens (tertiary/aromatic N) is 4. The van der Waals surface area contributed by atoms with Gasteiger partial charge in [-0.3, -0.25) is 0 Å². The lowest BCUT2D eigenvalue weighted by molar-refractivity contribution is 0.761. The molecule has 0 aliphatic carbocycles. The van der Waals surface area contributed by atoms with E-state index in [-0.39, 0.29) is 0 Å². The van der Waals surface area contributed by atoms with Crippen LogP contribution in [0.1, 0.15) is 11.4 Å². The van der Waals surface area contributed by atoms with Crippen molar-refractivity contribution in [2.75, 3.05) is 11.9 Å². The van der Waals surface area contributed by atoms with Gasteiger partial charge in [0.25, 0.3) is 0 Å². The van der Waals surface area contributed by atoms with Crippen LogP contribution in [0.25, 0.3) is 0 Å². The quantitative estimate of drug-likeness (QED) is 0.803. The topological polar surface area (TPSA) is 44.9 Å². The summed E-state index contributed by atoms with van der Waals surface area (Å²) in [5.41, 5.74) is 1.61. The van der Waals surface area contributed by atoms with Gasteiger partial charge >= 0.3 is 0 Å². The van der Waals surface area contributed by atoms with Crippen LogP contribution in [-0.4, -0.2) is 16.6 Å². The summed E-state index contributed by atoms with van der Waals surface area (Å²) in [4.78, 5) is 6.30. The molecule has 0 fully saturated rings.